The predicted molar refractivity (Wildman–Crippen MR) is 59.6 cm³/mol. The first-order chi connectivity index (χ1) is 6.60. The summed E-state index contributed by atoms with van der Waals surface area (Å²) in [5.41, 5.74) is 5.41. The molecule has 4 nitrogen and oxygen atoms in total. The smallest absolute Gasteiger partial charge is 0.140 e. The van der Waals surface area contributed by atoms with Gasteiger partial charge in [0.1, 0.15) is 5.84 Å². The monoisotopic (exact) mass is 201 g/mol. The van der Waals surface area contributed by atoms with Crippen LogP contribution in [0.2, 0.25) is 0 Å². The maximum absolute atomic E-state index is 8.39. The second kappa shape index (κ2) is 7.62. The lowest BCUT2D eigenvalue weighted by atomic mass is 10.1. The number of rotatable bonds is 7. The Morgan fingerprint density at radius 1 is 1.43 bits per heavy atom. The van der Waals surface area contributed by atoms with Crippen molar-refractivity contribution < 1.29 is 5.21 Å². The third-order valence-electron chi connectivity index (χ3n) is 2.20. The van der Waals surface area contributed by atoms with Crippen molar-refractivity contribution in [1.82, 2.24) is 5.32 Å². The van der Waals surface area contributed by atoms with Gasteiger partial charge in [0, 0.05) is 18.5 Å². The molecule has 84 valence electrons. The van der Waals surface area contributed by atoms with E-state index in [-0.39, 0.29) is 11.9 Å². The first-order valence-electron chi connectivity index (χ1n) is 5.32. The largest absolute Gasteiger partial charge is 0.409 e. The molecule has 0 aliphatic heterocycles. The zero-order valence-corrected chi connectivity index (χ0v) is 9.45. The molecule has 4 N–H and O–H groups in total. The highest BCUT2D eigenvalue weighted by molar-refractivity contribution is 5.80. The third-order valence-corrected chi connectivity index (χ3v) is 2.20. The van der Waals surface area contributed by atoms with Gasteiger partial charge in [-0.05, 0) is 20.3 Å². The minimum absolute atomic E-state index is 0.262. The fraction of sp³-hybridized carbons (Fsp3) is 0.900. The van der Waals surface area contributed by atoms with Crippen LogP contribution in [-0.4, -0.2) is 23.1 Å². The van der Waals surface area contributed by atoms with Gasteiger partial charge in [-0.25, -0.2) is 0 Å². The number of hydrogen-bond acceptors (Lipinski definition) is 3. The molecule has 0 radical (unpaired) electrons. The Balaban J connectivity index is 3.65. The summed E-state index contributed by atoms with van der Waals surface area (Å²) >= 11 is 0. The van der Waals surface area contributed by atoms with Gasteiger partial charge in [-0.2, -0.15) is 0 Å². The lowest BCUT2D eigenvalue weighted by Gasteiger charge is -2.19. The van der Waals surface area contributed by atoms with E-state index in [1.165, 1.54) is 19.3 Å². The fourth-order valence-electron chi connectivity index (χ4n) is 1.49. The Kier molecular flexibility index (Phi) is 7.20. The highest BCUT2D eigenvalue weighted by Gasteiger charge is 2.08. The molecule has 4 heteroatoms. The predicted octanol–water partition coefficient (Wildman–Crippen LogP) is 1.68. The zero-order valence-electron chi connectivity index (χ0n) is 9.45. The maximum Gasteiger partial charge on any atom is 0.140 e. The molecule has 0 rings (SSSR count). The maximum atomic E-state index is 8.39. The quantitative estimate of drug-likeness (QED) is 0.254. The molecule has 0 aromatic heterocycles. The van der Waals surface area contributed by atoms with E-state index in [9.17, 15) is 0 Å². The molecule has 0 aromatic rings. The topological polar surface area (TPSA) is 70.6 Å². The molecule has 0 aliphatic rings. The average Bonchev–Trinajstić information content (AvgIpc) is 2.14. The van der Waals surface area contributed by atoms with Gasteiger partial charge >= 0.3 is 0 Å². The van der Waals surface area contributed by atoms with Crippen molar-refractivity contribution in [1.29, 1.82) is 0 Å². The van der Waals surface area contributed by atoms with E-state index in [4.69, 9.17) is 10.9 Å². The number of unbranched alkanes of at least 4 members (excludes halogenated alkanes) is 1. The van der Waals surface area contributed by atoms with Crippen molar-refractivity contribution in [2.75, 3.05) is 0 Å². The van der Waals surface area contributed by atoms with E-state index in [2.05, 4.69) is 24.3 Å². The van der Waals surface area contributed by atoms with Crippen LogP contribution in [0.1, 0.15) is 46.5 Å². The molecule has 0 aromatic carbocycles. The van der Waals surface area contributed by atoms with Gasteiger partial charge in [0.05, 0.1) is 0 Å². The van der Waals surface area contributed by atoms with Crippen molar-refractivity contribution in [3.63, 3.8) is 0 Å². The molecule has 0 bridgehead atoms. The summed E-state index contributed by atoms with van der Waals surface area (Å²) in [5.74, 6) is 0.285. The van der Waals surface area contributed by atoms with Crippen LogP contribution in [0.25, 0.3) is 0 Å². The molecule has 0 saturated carbocycles. The lowest BCUT2D eigenvalue weighted by Crippen LogP contribution is -2.37. The Morgan fingerprint density at radius 3 is 2.57 bits per heavy atom. The van der Waals surface area contributed by atoms with Gasteiger partial charge in [0.25, 0.3) is 0 Å². The summed E-state index contributed by atoms with van der Waals surface area (Å²) in [7, 11) is 0. The number of nitrogens with two attached hydrogens (primary N) is 1. The van der Waals surface area contributed by atoms with Crippen LogP contribution in [0.15, 0.2) is 5.16 Å². The van der Waals surface area contributed by atoms with Crippen molar-refractivity contribution in [3.05, 3.63) is 0 Å². The molecule has 0 amide bonds. The van der Waals surface area contributed by atoms with Crippen molar-refractivity contribution in [3.8, 4) is 0 Å². The number of oxime groups is 1. The standard InChI is InChI=1S/C10H23N3O/c1-4-5-6-8(2)12-9(3)7-10(11)13-14/h8-9,12,14H,4-7H2,1-3H3,(H2,11,13). The van der Waals surface area contributed by atoms with Crippen molar-refractivity contribution >= 4 is 5.84 Å². The minimum Gasteiger partial charge on any atom is -0.409 e. The highest BCUT2D eigenvalue weighted by Crippen LogP contribution is 2.02. The second-order valence-electron chi connectivity index (χ2n) is 3.91. The van der Waals surface area contributed by atoms with E-state index in [1.807, 2.05) is 6.92 Å². The summed E-state index contributed by atoms with van der Waals surface area (Å²) in [5, 5.41) is 14.8. The van der Waals surface area contributed by atoms with E-state index in [0.717, 1.165) is 0 Å². The van der Waals surface area contributed by atoms with Gasteiger partial charge in [0.2, 0.25) is 0 Å². The van der Waals surface area contributed by atoms with E-state index < -0.39 is 0 Å². The van der Waals surface area contributed by atoms with E-state index >= 15 is 0 Å². The molecule has 0 saturated heterocycles. The summed E-state index contributed by atoms with van der Waals surface area (Å²) in [6, 6.07) is 0.759. The van der Waals surface area contributed by atoms with E-state index in [0.29, 0.717) is 12.5 Å². The van der Waals surface area contributed by atoms with Crippen LogP contribution < -0.4 is 11.1 Å². The van der Waals surface area contributed by atoms with Gasteiger partial charge in [0.15, 0.2) is 0 Å². The van der Waals surface area contributed by atoms with Crippen LogP contribution in [0.4, 0.5) is 0 Å². The van der Waals surface area contributed by atoms with Crippen LogP contribution in [0, 0.1) is 0 Å². The van der Waals surface area contributed by atoms with Crippen LogP contribution in [0.3, 0.4) is 0 Å². The number of amidine groups is 1. The molecule has 0 heterocycles. The van der Waals surface area contributed by atoms with E-state index in [1.54, 1.807) is 0 Å². The van der Waals surface area contributed by atoms with Gasteiger partial charge in [-0.15, -0.1) is 0 Å². The molecule has 2 unspecified atom stereocenters. The lowest BCUT2D eigenvalue weighted by molar-refractivity contribution is 0.315. The molecule has 0 aliphatic carbocycles. The first kappa shape index (κ1) is 13.2. The number of nitrogens with one attached hydrogen (secondary N) is 1. The van der Waals surface area contributed by atoms with Crippen molar-refractivity contribution in [2.24, 2.45) is 10.9 Å². The SMILES string of the molecule is CCCCC(C)NC(C)CC(N)=NO. The van der Waals surface area contributed by atoms with Gasteiger partial charge in [-0.3, -0.25) is 0 Å². The zero-order chi connectivity index (χ0) is 11.0. The molecule has 0 fully saturated rings. The fourth-order valence-corrected chi connectivity index (χ4v) is 1.49. The molecular formula is C10H23N3O. The van der Waals surface area contributed by atoms with Crippen molar-refractivity contribution in [2.45, 2.75) is 58.5 Å². The Morgan fingerprint density at radius 2 is 2.07 bits per heavy atom. The average molecular weight is 201 g/mol. The van der Waals surface area contributed by atoms with Gasteiger partial charge < -0.3 is 16.3 Å². The highest BCUT2D eigenvalue weighted by atomic mass is 16.4. The number of nitrogens with zero attached hydrogens (tertiary/aromatic N) is 1. The van der Waals surface area contributed by atoms with Crippen LogP contribution in [0.5, 0.6) is 0 Å². The summed E-state index contributed by atoms with van der Waals surface area (Å²) < 4.78 is 0. The van der Waals surface area contributed by atoms with Crippen LogP contribution in [-0.2, 0) is 0 Å². The second-order valence-corrected chi connectivity index (χ2v) is 3.91. The Bertz CT molecular complexity index is 171. The molecule has 0 spiro atoms. The minimum atomic E-state index is 0.262. The van der Waals surface area contributed by atoms with Gasteiger partial charge in [-0.1, -0.05) is 24.9 Å². The third kappa shape index (κ3) is 6.71. The van der Waals surface area contributed by atoms with Crippen LogP contribution >= 0.6 is 0 Å². The Labute approximate surface area is 86.6 Å². The molecular weight excluding hydrogens is 178 g/mol. The Hall–Kier alpha value is -0.770. The molecule has 2 atom stereocenters. The first-order valence-corrected chi connectivity index (χ1v) is 5.32. The summed E-state index contributed by atoms with van der Waals surface area (Å²) in [6.45, 7) is 6.39. The summed E-state index contributed by atoms with van der Waals surface area (Å²) in [6.07, 6.45) is 4.23. The number of hydrogen-bond donors (Lipinski definition) is 3. The molecule has 14 heavy (non-hydrogen) atoms. The normalized spacial score (nSPS) is 16.6. The summed E-state index contributed by atoms with van der Waals surface area (Å²) in [4.78, 5) is 0.